The summed E-state index contributed by atoms with van der Waals surface area (Å²) < 4.78 is 0.204. The fourth-order valence-corrected chi connectivity index (χ4v) is 2.61. The molecule has 150 valence electrons. The largest absolute Gasteiger partial charge is 0.320 e. The lowest BCUT2D eigenvalue weighted by Gasteiger charge is -2.29. The third-order valence-corrected chi connectivity index (χ3v) is 4.43. The van der Waals surface area contributed by atoms with Crippen molar-refractivity contribution in [2.45, 2.75) is 20.8 Å². The van der Waals surface area contributed by atoms with Crippen molar-refractivity contribution in [3.8, 4) is 0 Å². The van der Waals surface area contributed by atoms with E-state index in [9.17, 15) is 19.2 Å². The van der Waals surface area contributed by atoms with Crippen molar-refractivity contribution in [3.05, 3.63) is 50.1 Å². The van der Waals surface area contributed by atoms with Crippen LogP contribution < -0.4 is 21.8 Å². The van der Waals surface area contributed by atoms with E-state index >= 15 is 0 Å². The van der Waals surface area contributed by atoms with Crippen LogP contribution in [0, 0.1) is 0 Å². The molecule has 1 aromatic carbocycles. The predicted molar refractivity (Wildman–Crippen MR) is 108 cm³/mol. The van der Waals surface area contributed by atoms with Gasteiger partial charge in [0.15, 0.2) is 13.2 Å². The van der Waals surface area contributed by atoms with Crippen LogP contribution in [0.5, 0.6) is 0 Å². The Morgan fingerprint density at radius 2 is 1.68 bits per heavy atom. The average Bonchev–Trinajstić information content (AvgIpc) is 2.61. The van der Waals surface area contributed by atoms with Crippen LogP contribution in [-0.2, 0) is 9.59 Å². The summed E-state index contributed by atoms with van der Waals surface area (Å²) in [5.74, 6) is -0.517. The molecule has 0 unspecified atom stereocenters. The molecule has 2 rings (SSSR count). The first-order valence-corrected chi connectivity index (χ1v) is 8.79. The number of carbonyl (C=O) groups is 2. The van der Waals surface area contributed by atoms with Gasteiger partial charge in [-0.25, -0.2) is 0 Å². The molecule has 1 heterocycles. The highest BCUT2D eigenvalue weighted by molar-refractivity contribution is 6.01. The molecule has 0 bridgehead atoms. The number of rotatable bonds is 6. The Hall–Kier alpha value is -3.20. The first kappa shape index (κ1) is 21.1. The number of aromatic nitrogens is 2. The molecule has 0 saturated carbocycles. The van der Waals surface area contributed by atoms with Crippen LogP contribution in [0.1, 0.15) is 20.8 Å². The number of carbonyl (C=O) groups excluding carboxylic acids is 2. The van der Waals surface area contributed by atoms with Gasteiger partial charge in [-0.15, -0.1) is 0 Å². The Bertz CT molecular complexity index is 1060. The standard InChI is InChI=1S/C19H25N5O4/c1-11(2)12(3)17(26)20-10-24(4,5)9-15(25)21-14-8-6-7-13-16(14)19(28)23-22-18(13)27/h6-8H,9-10H2,1-5H3,(H3-,20,21,22,23,25,26,27,28)/p+1. The fourth-order valence-electron chi connectivity index (χ4n) is 2.61. The normalized spacial score (nSPS) is 11.2. The smallest absolute Gasteiger partial charge is 0.279 e. The van der Waals surface area contributed by atoms with Gasteiger partial charge in [0.05, 0.1) is 30.6 Å². The van der Waals surface area contributed by atoms with E-state index in [4.69, 9.17) is 0 Å². The van der Waals surface area contributed by atoms with E-state index in [1.54, 1.807) is 33.2 Å². The van der Waals surface area contributed by atoms with Crippen molar-refractivity contribution in [3.63, 3.8) is 0 Å². The number of aromatic amines is 2. The van der Waals surface area contributed by atoms with Gasteiger partial charge in [0, 0.05) is 5.57 Å². The lowest BCUT2D eigenvalue weighted by atomic mass is 10.1. The van der Waals surface area contributed by atoms with E-state index in [2.05, 4.69) is 20.8 Å². The van der Waals surface area contributed by atoms with Crippen molar-refractivity contribution in [1.29, 1.82) is 0 Å². The molecular formula is C19H26N5O4+. The number of quaternary nitrogens is 1. The van der Waals surface area contributed by atoms with Gasteiger partial charge >= 0.3 is 0 Å². The molecule has 4 N–H and O–H groups in total. The lowest BCUT2D eigenvalue weighted by Crippen LogP contribution is -2.52. The van der Waals surface area contributed by atoms with Gasteiger partial charge in [0.2, 0.25) is 0 Å². The first-order valence-electron chi connectivity index (χ1n) is 8.79. The number of hydrogen-bond acceptors (Lipinski definition) is 4. The van der Waals surface area contributed by atoms with E-state index in [0.717, 1.165) is 5.57 Å². The lowest BCUT2D eigenvalue weighted by molar-refractivity contribution is -0.884. The Morgan fingerprint density at radius 1 is 1.04 bits per heavy atom. The molecule has 28 heavy (non-hydrogen) atoms. The molecule has 0 radical (unpaired) electrons. The predicted octanol–water partition coefficient (Wildman–Crippen LogP) is 0.661. The molecule has 1 aromatic heterocycles. The highest BCUT2D eigenvalue weighted by Crippen LogP contribution is 2.16. The zero-order valence-electron chi connectivity index (χ0n) is 16.7. The van der Waals surface area contributed by atoms with Crippen LogP contribution in [0.15, 0.2) is 38.9 Å². The third-order valence-electron chi connectivity index (χ3n) is 4.43. The number of H-pyrrole nitrogens is 2. The van der Waals surface area contributed by atoms with Gasteiger partial charge in [0.25, 0.3) is 22.9 Å². The minimum absolute atomic E-state index is 0.0611. The monoisotopic (exact) mass is 388 g/mol. The summed E-state index contributed by atoms with van der Waals surface area (Å²) in [6.07, 6.45) is 0. The minimum atomic E-state index is -0.497. The van der Waals surface area contributed by atoms with Gasteiger partial charge in [-0.3, -0.25) is 29.4 Å². The highest BCUT2D eigenvalue weighted by atomic mass is 16.2. The number of amides is 2. The van der Waals surface area contributed by atoms with Crippen LogP contribution >= 0.6 is 0 Å². The topological polar surface area (TPSA) is 124 Å². The third kappa shape index (κ3) is 4.95. The zero-order chi connectivity index (χ0) is 21.1. The Kier molecular flexibility index (Phi) is 6.19. The van der Waals surface area contributed by atoms with Crippen LogP contribution in [0.25, 0.3) is 10.8 Å². The summed E-state index contributed by atoms with van der Waals surface area (Å²) in [5.41, 5.74) is 0.892. The number of nitrogens with one attached hydrogen (secondary N) is 4. The summed E-state index contributed by atoms with van der Waals surface area (Å²) in [4.78, 5) is 48.5. The molecule has 2 amide bonds. The van der Waals surface area contributed by atoms with E-state index < -0.39 is 11.1 Å². The number of allylic oxidation sites excluding steroid dienone is 1. The molecule has 2 aromatic rings. The molecule has 0 aliphatic carbocycles. The second kappa shape index (κ2) is 8.22. The summed E-state index contributed by atoms with van der Waals surface area (Å²) in [6, 6.07) is 4.67. The average molecular weight is 388 g/mol. The maximum absolute atomic E-state index is 12.5. The molecular weight excluding hydrogens is 362 g/mol. The second-order valence-corrected chi connectivity index (χ2v) is 7.57. The van der Waals surface area contributed by atoms with Crippen molar-refractivity contribution in [1.82, 2.24) is 15.5 Å². The van der Waals surface area contributed by atoms with Crippen molar-refractivity contribution in [2.75, 3.05) is 32.6 Å². The molecule has 9 nitrogen and oxygen atoms in total. The fraction of sp³-hybridized carbons (Fsp3) is 0.368. The Balaban J connectivity index is 2.12. The quantitative estimate of drug-likeness (QED) is 0.330. The van der Waals surface area contributed by atoms with E-state index in [1.165, 1.54) is 6.07 Å². The molecule has 0 atom stereocenters. The van der Waals surface area contributed by atoms with Gasteiger partial charge in [-0.05, 0) is 32.9 Å². The zero-order valence-corrected chi connectivity index (χ0v) is 16.7. The molecule has 0 aliphatic heterocycles. The molecule has 0 fully saturated rings. The van der Waals surface area contributed by atoms with Crippen LogP contribution in [0.4, 0.5) is 5.69 Å². The van der Waals surface area contributed by atoms with Crippen LogP contribution in [0.2, 0.25) is 0 Å². The maximum atomic E-state index is 12.5. The van der Waals surface area contributed by atoms with Gasteiger partial charge in [0.1, 0.15) is 0 Å². The van der Waals surface area contributed by atoms with Gasteiger partial charge in [-0.1, -0.05) is 11.6 Å². The maximum Gasteiger partial charge on any atom is 0.279 e. The van der Waals surface area contributed by atoms with Crippen LogP contribution in [-0.4, -0.2) is 53.8 Å². The Labute approximate surface area is 162 Å². The van der Waals surface area contributed by atoms with E-state index in [0.29, 0.717) is 5.57 Å². The number of nitrogens with zero attached hydrogens (tertiary/aromatic N) is 1. The van der Waals surface area contributed by atoms with Crippen LogP contribution in [0.3, 0.4) is 0 Å². The van der Waals surface area contributed by atoms with Crippen molar-refractivity contribution < 1.29 is 14.1 Å². The summed E-state index contributed by atoms with van der Waals surface area (Å²) in [7, 11) is 3.61. The molecule has 0 saturated heterocycles. The SMILES string of the molecule is CC(C)=C(C)C(=O)NC[N+](C)(C)CC(=O)Nc1cccc2c(=O)[nH][nH]c(=O)c12. The second-order valence-electron chi connectivity index (χ2n) is 7.57. The van der Waals surface area contributed by atoms with Crippen molar-refractivity contribution in [2.24, 2.45) is 0 Å². The van der Waals surface area contributed by atoms with Gasteiger partial charge < -0.3 is 15.1 Å². The number of hydrogen-bond donors (Lipinski definition) is 4. The minimum Gasteiger partial charge on any atom is -0.320 e. The highest BCUT2D eigenvalue weighted by Gasteiger charge is 2.22. The first-order chi connectivity index (χ1) is 13.0. The molecule has 9 heteroatoms. The number of benzene rings is 1. The summed E-state index contributed by atoms with van der Waals surface area (Å²) in [5, 5.41) is 10.3. The van der Waals surface area contributed by atoms with Gasteiger partial charge in [-0.2, -0.15) is 0 Å². The summed E-state index contributed by atoms with van der Waals surface area (Å²) >= 11 is 0. The van der Waals surface area contributed by atoms with E-state index in [-0.39, 0.29) is 46.0 Å². The van der Waals surface area contributed by atoms with E-state index in [1.807, 2.05) is 13.8 Å². The Morgan fingerprint density at radius 3 is 2.32 bits per heavy atom. The number of fused-ring (bicyclic) bond motifs is 1. The molecule has 0 spiro atoms. The van der Waals surface area contributed by atoms with Crippen molar-refractivity contribution >= 4 is 28.3 Å². The number of anilines is 1. The number of likely N-dealkylation sites (N-methyl/N-ethyl adjacent to an activating group) is 1. The summed E-state index contributed by atoms with van der Waals surface area (Å²) in [6.45, 7) is 5.79. The molecule has 0 aliphatic rings.